The average molecular weight is 157 g/mol. The molecule has 0 amide bonds. The Morgan fingerprint density at radius 2 is 1.82 bits per heavy atom. The van der Waals surface area contributed by atoms with Crippen LogP contribution in [0.5, 0.6) is 0 Å². The molecule has 0 aliphatic heterocycles. The average Bonchev–Trinajstić information content (AvgIpc) is 2.10. The second-order valence-corrected chi connectivity index (χ2v) is 1.30. The van der Waals surface area contributed by atoms with Gasteiger partial charge in [0.15, 0.2) is 0 Å². The zero-order valence-electron chi connectivity index (χ0n) is 7.76. The van der Waals surface area contributed by atoms with E-state index < -0.39 is 0 Å². The summed E-state index contributed by atoms with van der Waals surface area (Å²) in [6, 6.07) is 0. The van der Waals surface area contributed by atoms with E-state index in [0.29, 0.717) is 6.29 Å². The molecule has 0 aromatic heterocycles. The Bertz CT molecular complexity index is 73.6. The molecular weight excluding hydrogens is 138 g/mol. The van der Waals surface area contributed by atoms with Crippen molar-refractivity contribution in [3.63, 3.8) is 0 Å². The summed E-state index contributed by atoms with van der Waals surface area (Å²) < 4.78 is 0. The predicted octanol–water partition coefficient (Wildman–Crippen LogP) is 2.83. The smallest absolute Gasteiger partial charge is 0.125 e. The van der Waals surface area contributed by atoms with Crippen LogP contribution in [0.3, 0.4) is 0 Å². The van der Waals surface area contributed by atoms with Crippen molar-refractivity contribution in [3.05, 3.63) is 12.7 Å². The van der Waals surface area contributed by atoms with Gasteiger partial charge in [0.2, 0.25) is 0 Å². The third-order valence-electron chi connectivity index (χ3n) is 0.503. The summed E-state index contributed by atoms with van der Waals surface area (Å²) >= 11 is 0. The Kier molecular flexibility index (Phi) is 53.7. The molecule has 0 heterocycles. The minimum absolute atomic E-state index is 0.250. The molecule has 0 aliphatic rings. The fraction of sp³-hybridized carbons (Fsp3) is 0.556. The fourth-order valence-electron chi connectivity index (χ4n) is 0.0481. The van der Waals surface area contributed by atoms with Gasteiger partial charge in [-0.2, -0.15) is 0 Å². The molecule has 0 aliphatic carbocycles. The largest absolute Gasteiger partial charge is 0.313 e. The second-order valence-electron chi connectivity index (χ2n) is 1.30. The molecule has 0 bridgehead atoms. The van der Waals surface area contributed by atoms with Gasteiger partial charge in [0.05, 0.1) is 0 Å². The molecule has 2 heteroatoms. The zero-order valence-corrected chi connectivity index (χ0v) is 7.76. The summed E-state index contributed by atoms with van der Waals surface area (Å²) in [4.78, 5) is 9.25. The quantitative estimate of drug-likeness (QED) is 0.382. The lowest BCUT2D eigenvalue weighted by Gasteiger charge is -1.57. The highest BCUT2D eigenvalue weighted by atomic mass is 16.1. The van der Waals surface area contributed by atoms with Gasteiger partial charge in [-0.25, -0.2) is 0 Å². The molecule has 0 aromatic rings. The first kappa shape index (κ1) is 16.6. The number of rotatable bonds is 3. The molecule has 11 heavy (non-hydrogen) atoms. The second kappa shape index (κ2) is 35.6. The van der Waals surface area contributed by atoms with E-state index in [4.69, 9.17) is 5.41 Å². The van der Waals surface area contributed by atoms with Crippen molar-refractivity contribution >= 4 is 12.5 Å². The monoisotopic (exact) mass is 157 g/mol. The molecular formula is C9H19NO. The summed E-state index contributed by atoms with van der Waals surface area (Å²) in [5.74, 6) is 0. The molecule has 1 N–H and O–H groups in total. The summed E-state index contributed by atoms with van der Waals surface area (Å²) in [5.41, 5.74) is 0. The lowest BCUT2D eigenvalue weighted by Crippen LogP contribution is -1.68. The third kappa shape index (κ3) is 105. The standard InChI is InChI=1S/C4H8.C3H5NO.C2H6/c1-3-4-2;4-2-1-3-5;1-2/h3H,1,4H2,2H3;2-4H,1H2;1-2H3. The van der Waals surface area contributed by atoms with Crippen molar-refractivity contribution in [2.45, 2.75) is 33.6 Å². The first-order chi connectivity index (χ1) is 5.33. The van der Waals surface area contributed by atoms with Gasteiger partial charge in [-0.05, 0) is 6.42 Å². The molecule has 0 radical (unpaired) electrons. The van der Waals surface area contributed by atoms with Crippen LogP contribution in [0.15, 0.2) is 12.7 Å². The normalized spacial score (nSPS) is 5.73. The highest BCUT2D eigenvalue weighted by Crippen LogP contribution is 1.66. The molecule has 0 saturated heterocycles. The molecule has 66 valence electrons. The Hall–Kier alpha value is -0.920. The minimum Gasteiger partial charge on any atom is -0.313 e. The number of carbonyl (C=O) groups is 1. The minimum atomic E-state index is 0.250. The number of hydrogen-bond donors (Lipinski definition) is 1. The van der Waals surface area contributed by atoms with Crippen LogP contribution >= 0.6 is 0 Å². The molecule has 0 spiro atoms. The van der Waals surface area contributed by atoms with E-state index in [-0.39, 0.29) is 6.42 Å². The van der Waals surface area contributed by atoms with Crippen molar-refractivity contribution in [3.8, 4) is 0 Å². The Balaban J connectivity index is -0.0000000965. The maximum absolute atomic E-state index is 9.25. The van der Waals surface area contributed by atoms with Crippen LogP contribution in [0.25, 0.3) is 0 Å². The van der Waals surface area contributed by atoms with Crippen LogP contribution in [0.1, 0.15) is 33.6 Å². The van der Waals surface area contributed by atoms with Gasteiger partial charge in [-0.3, -0.25) is 0 Å². The van der Waals surface area contributed by atoms with E-state index in [9.17, 15) is 4.79 Å². The first-order valence-electron chi connectivity index (χ1n) is 3.86. The van der Waals surface area contributed by atoms with Crippen molar-refractivity contribution < 1.29 is 4.79 Å². The SMILES string of the molecule is C=CCC.CC.N=CCC=O. The molecule has 0 fully saturated rings. The zero-order chi connectivity index (χ0) is 9.54. The molecule has 0 aromatic carbocycles. The Morgan fingerprint density at radius 1 is 1.45 bits per heavy atom. The summed E-state index contributed by atoms with van der Waals surface area (Å²) in [5, 5.41) is 6.25. The molecule has 0 rings (SSSR count). The van der Waals surface area contributed by atoms with Crippen LogP contribution in [0.4, 0.5) is 0 Å². The number of allylic oxidation sites excluding steroid dienone is 1. The van der Waals surface area contributed by atoms with E-state index >= 15 is 0 Å². The van der Waals surface area contributed by atoms with Crippen LogP contribution in [-0.2, 0) is 4.79 Å². The maximum atomic E-state index is 9.25. The fourth-order valence-corrected chi connectivity index (χ4v) is 0.0481. The van der Waals surface area contributed by atoms with Crippen LogP contribution in [0.2, 0.25) is 0 Å². The van der Waals surface area contributed by atoms with E-state index in [0.717, 1.165) is 12.6 Å². The first-order valence-corrected chi connectivity index (χ1v) is 3.86. The highest BCUT2D eigenvalue weighted by Gasteiger charge is 1.61. The third-order valence-corrected chi connectivity index (χ3v) is 0.503. The maximum Gasteiger partial charge on any atom is 0.125 e. The lowest BCUT2D eigenvalue weighted by molar-refractivity contribution is -0.106. The van der Waals surface area contributed by atoms with Gasteiger partial charge in [0.25, 0.3) is 0 Å². The van der Waals surface area contributed by atoms with E-state index in [1.54, 1.807) is 0 Å². The van der Waals surface area contributed by atoms with Gasteiger partial charge in [0, 0.05) is 12.6 Å². The molecule has 0 atom stereocenters. The van der Waals surface area contributed by atoms with Gasteiger partial charge < -0.3 is 10.2 Å². The van der Waals surface area contributed by atoms with Crippen LogP contribution in [0, 0.1) is 5.41 Å². The van der Waals surface area contributed by atoms with Crippen molar-refractivity contribution in [2.75, 3.05) is 0 Å². The van der Waals surface area contributed by atoms with Crippen molar-refractivity contribution in [1.29, 1.82) is 5.41 Å². The molecule has 2 nitrogen and oxygen atoms in total. The van der Waals surface area contributed by atoms with Gasteiger partial charge in [-0.15, -0.1) is 6.58 Å². The number of carbonyl (C=O) groups excluding carboxylic acids is 1. The van der Waals surface area contributed by atoms with E-state index in [2.05, 4.69) is 13.5 Å². The topological polar surface area (TPSA) is 40.9 Å². The van der Waals surface area contributed by atoms with Crippen LogP contribution < -0.4 is 0 Å². The van der Waals surface area contributed by atoms with E-state index in [1.165, 1.54) is 0 Å². The Morgan fingerprint density at radius 3 is 1.82 bits per heavy atom. The predicted molar refractivity (Wildman–Crippen MR) is 51.3 cm³/mol. The van der Waals surface area contributed by atoms with Crippen molar-refractivity contribution in [2.24, 2.45) is 0 Å². The van der Waals surface area contributed by atoms with Crippen LogP contribution in [-0.4, -0.2) is 12.5 Å². The van der Waals surface area contributed by atoms with Gasteiger partial charge in [-0.1, -0.05) is 26.8 Å². The van der Waals surface area contributed by atoms with E-state index in [1.807, 2.05) is 19.9 Å². The number of aldehydes is 1. The summed E-state index contributed by atoms with van der Waals surface area (Å²) in [7, 11) is 0. The lowest BCUT2D eigenvalue weighted by atomic mass is 10.5. The van der Waals surface area contributed by atoms with Crippen molar-refractivity contribution in [1.82, 2.24) is 0 Å². The molecule has 0 unspecified atom stereocenters. The van der Waals surface area contributed by atoms with Gasteiger partial charge in [0.1, 0.15) is 6.29 Å². The molecule has 0 saturated carbocycles. The summed E-state index contributed by atoms with van der Waals surface area (Å²) in [6.07, 6.45) is 4.96. The Labute approximate surface area is 69.8 Å². The number of hydrogen-bond acceptors (Lipinski definition) is 2. The van der Waals surface area contributed by atoms with Gasteiger partial charge >= 0.3 is 0 Å². The summed E-state index contributed by atoms with van der Waals surface area (Å²) in [6.45, 7) is 9.54. The number of nitrogens with one attached hydrogen (secondary N) is 1. The highest BCUT2D eigenvalue weighted by molar-refractivity contribution is 5.73.